The molecule has 2 aliphatic heterocycles. The summed E-state index contributed by atoms with van der Waals surface area (Å²) >= 11 is 12.5. The van der Waals surface area contributed by atoms with Gasteiger partial charge >= 0.3 is 0 Å². The zero-order chi connectivity index (χ0) is 22.2. The molecule has 0 spiro atoms. The van der Waals surface area contributed by atoms with Gasteiger partial charge in [-0.2, -0.15) is 5.10 Å². The predicted molar refractivity (Wildman–Crippen MR) is 130 cm³/mol. The number of nitrogens with zero attached hydrogens (tertiary/aromatic N) is 4. The van der Waals surface area contributed by atoms with Crippen LogP contribution in [0, 0.1) is 0 Å². The molecule has 5 rings (SSSR count). The van der Waals surface area contributed by atoms with Crippen molar-refractivity contribution >= 4 is 45.7 Å². The van der Waals surface area contributed by atoms with Crippen molar-refractivity contribution in [2.24, 2.45) is 0 Å². The minimum Gasteiger partial charge on any atom is -0.368 e. The highest BCUT2D eigenvalue weighted by Crippen LogP contribution is 2.32. The summed E-state index contributed by atoms with van der Waals surface area (Å²) in [7, 11) is 0. The number of fused-ring (bicyclic) bond motifs is 1. The van der Waals surface area contributed by atoms with Crippen molar-refractivity contribution in [3.8, 4) is 0 Å². The molecule has 168 valence electrons. The van der Waals surface area contributed by atoms with E-state index in [9.17, 15) is 4.79 Å². The van der Waals surface area contributed by atoms with Crippen molar-refractivity contribution in [1.82, 2.24) is 20.0 Å². The normalized spacial score (nSPS) is 20.2. The Balaban J connectivity index is 1.34. The third-order valence-electron chi connectivity index (χ3n) is 6.68. The summed E-state index contributed by atoms with van der Waals surface area (Å²) in [5, 5.41) is 10.3. The summed E-state index contributed by atoms with van der Waals surface area (Å²) in [6.07, 6.45) is 3.93. The largest absolute Gasteiger partial charge is 0.368 e. The number of carbonyl (C=O) groups is 1. The summed E-state index contributed by atoms with van der Waals surface area (Å²) in [6, 6.07) is 12.0. The molecule has 1 N–H and O–H groups in total. The summed E-state index contributed by atoms with van der Waals surface area (Å²) in [5.41, 5.74) is 3.20. The number of carbonyl (C=O) groups excluding carboxylic acids is 1. The van der Waals surface area contributed by atoms with Crippen molar-refractivity contribution in [3.63, 3.8) is 0 Å². The predicted octanol–water partition coefficient (Wildman–Crippen LogP) is 4.35. The van der Waals surface area contributed by atoms with Gasteiger partial charge in [0.25, 0.3) is 0 Å². The summed E-state index contributed by atoms with van der Waals surface area (Å²) in [4.78, 5) is 17.1. The molecule has 32 heavy (non-hydrogen) atoms. The van der Waals surface area contributed by atoms with Crippen LogP contribution >= 0.6 is 23.2 Å². The van der Waals surface area contributed by atoms with Crippen molar-refractivity contribution < 1.29 is 4.79 Å². The SMILES string of the molecule is C[C@H](c1ccc(Cl)cc1Cl)n1ncc2ccc(N3CCN(C(=O)C4CCCN4)CC3)cc21. The third-order valence-corrected chi connectivity index (χ3v) is 7.24. The molecule has 2 saturated heterocycles. The Morgan fingerprint density at radius 1 is 1.12 bits per heavy atom. The number of hydrogen-bond acceptors (Lipinski definition) is 4. The first kappa shape index (κ1) is 21.6. The van der Waals surface area contributed by atoms with E-state index >= 15 is 0 Å². The number of aromatic nitrogens is 2. The Bertz CT molecular complexity index is 1130. The van der Waals surface area contributed by atoms with Gasteiger partial charge in [0.2, 0.25) is 5.91 Å². The van der Waals surface area contributed by atoms with Gasteiger partial charge in [0.15, 0.2) is 0 Å². The molecule has 2 atom stereocenters. The zero-order valence-electron chi connectivity index (χ0n) is 18.1. The number of amides is 1. The number of hydrogen-bond donors (Lipinski definition) is 1. The van der Waals surface area contributed by atoms with Crippen molar-refractivity contribution in [2.45, 2.75) is 31.8 Å². The van der Waals surface area contributed by atoms with Gasteiger partial charge in [-0.3, -0.25) is 9.48 Å². The maximum Gasteiger partial charge on any atom is 0.239 e. The van der Waals surface area contributed by atoms with Crippen molar-refractivity contribution in [2.75, 3.05) is 37.6 Å². The molecule has 0 aliphatic carbocycles. The van der Waals surface area contributed by atoms with Crippen LogP contribution in [0.3, 0.4) is 0 Å². The summed E-state index contributed by atoms with van der Waals surface area (Å²) in [6.45, 7) is 6.21. The van der Waals surface area contributed by atoms with Gasteiger partial charge in [-0.25, -0.2) is 0 Å². The Labute approximate surface area is 198 Å². The van der Waals surface area contributed by atoms with Crippen LogP contribution in [0.5, 0.6) is 0 Å². The van der Waals surface area contributed by atoms with E-state index in [1.807, 2.05) is 27.9 Å². The second-order valence-electron chi connectivity index (χ2n) is 8.64. The summed E-state index contributed by atoms with van der Waals surface area (Å²) < 4.78 is 2.01. The lowest BCUT2D eigenvalue weighted by Gasteiger charge is -2.37. The van der Waals surface area contributed by atoms with E-state index in [0.29, 0.717) is 10.0 Å². The number of halogens is 2. The van der Waals surface area contributed by atoms with Crippen molar-refractivity contribution in [3.05, 3.63) is 58.2 Å². The highest BCUT2D eigenvalue weighted by molar-refractivity contribution is 6.35. The molecule has 2 aliphatic rings. The van der Waals surface area contributed by atoms with Gasteiger partial charge in [0.05, 0.1) is 23.8 Å². The first-order chi connectivity index (χ1) is 15.5. The van der Waals surface area contributed by atoms with Crippen LogP contribution < -0.4 is 10.2 Å². The summed E-state index contributed by atoms with van der Waals surface area (Å²) in [5.74, 6) is 0.254. The van der Waals surface area contributed by atoms with Crippen molar-refractivity contribution in [1.29, 1.82) is 0 Å². The fraction of sp³-hybridized carbons (Fsp3) is 0.417. The lowest BCUT2D eigenvalue weighted by molar-refractivity contribution is -0.133. The lowest BCUT2D eigenvalue weighted by atomic mass is 10.1. The first-order valence-corrected chi connectivity index (χ1v) is 12.0. The third kappa shape index (κ3) is 4.07. The molecule has 6 nitrogen and oxygen atoms in total. The van der Waals surface area contributed by atoms with Crippen LogP contribution in [0.1, 0.15) is 31.4 Å². The molecule has 0 bridgehead atoms. The maximum atomic E-state index is 12.7. The highest BCUT2D eigenvalue weighted by Gasteiger charge is 2.29. The number of rotatable bonds is 4. The van der Waals surface area contributed by atoms with Crippen LogP contribution in [-0.2, 0) is 4.79 Å². The molecule has 2 aromatic carbocycles. The van der Waals surface area contributed by atoms with Crippen LogP contribution in [0.25, 0.3) is 10.9 Å². The van der Waals surface area contributed by atoms with E-state index < -0.39 is 0 Å². The first-order valence-electron chi connectivity index (χ1n) is 11.2. The lowest BCUT2D eigenvalue weighted by Crippen LogP contribution is -2.53. The van der Waals surface area contributed by atoms with Crippen LogP contribution in [0.4, 0.5) is 5.69 Å². The van der Waals surface area contributed by atoms with Gasteiger partial charge in [-0.15, -0.1) is 0 Å². The van der Waals surface area contributed by atoms with E-state index in [1.165, 1.54) is 0 Å². The monoisotopic (exact) mass is 471 g/mol. The molecular formula is C24H27Cl2N5O. The van der Waals surface area contributed by atoms with Crippen LogP contribution in [-0.4, -0.2) is 59.4 Å². The fourth-order valence-corrected chi connectivity index (χ4v) is 5.37. The smallest absolute Gasteiger partial charge is 0.239 e. The molecule has 8 heteroatoms. The quantitative estimate of drug-likeness (QED) is 0.614. The Morgan fingerprint density at radius 3 is 2.66 bits per heavy atom. The zero-order valence-corrected chi connectivity index (χ0v) is 19.6. The highest BCUT2D eigenvalue weighted by atomic mass is 35.5. The van der Waals surface area contributed by atoms with Gasteiger partial charge in [0, 0.05) is 47.3 Å². The molecule has 1 unspecified atom stereocenters. The second-order valence-corrected chi connectivity index (χ2v) is 9.48. The maximum absolute atomic E-state index is 12.7. The number of anilines is 1. The molecule has 1 amide bonds. The van der Waals surface area contributed by atoms with Crippen LogP contribution in [0.2, 0.25) is 10.0 Å². The molecule has 0 saturated carbocycles. The molecule has 3 heterocycles. The molecule has 0 radical (unpaired) electrons. The molecule has 1 aromatic heterocycles. The minimum atomic E-state index is -0.0269. The minimum absolute atomic E-state index is 0.00781. The topological polar surface area (TPSA) is 53.4 Å². The van der Waals surface area contributed by atoms with Gasteiger partial charge in [-0.05, 0) is 62.2 Å². The van der Waals surface area contributed by atoms with E-state index in [4.69, 9.17) is 23.2 Å². The Hall–Kier alpha value is -2.28. The molecule has 2 fully saturated rings. The van der Waals surface area contributed by atoms with E-state index in [0.717, 1.165) is 67.7 Å². The second kappa shape index (κ2) is 8.93. The van der Waals surface area contributed by atoms with E-state index in [1.54, 1.807) is 6.07 Å². The fourth-order valence-electron chi connectivity index (χ4n) is 4.80. The van der Waals surface area contributed by atoms with Gasteiger partial charge in [0.1, 0.15) is 0 Å². The standard InChI is InChI=1S/C24H27Cl2N5O/c1-16(20-7-5-18(25)13-21(20)26)31-23-14-19(6-4-17(23)15-28-31)29-9-11-30(12-10-29)24(32)22-3-2-8-27-22/h4-7,13-16,22,27H,2-3,8-12H2,1H3/t16-,22?/m1/s1. The van der Waals surface area contributed by atoms with Gasteiger partial charge in [-0.1, -0.05) is 29.3 Å². The van der Waals surface area contributed by atoms with Gasteiger partial charge < -0.3 is 15.1 Å². The average molecular weight is 472 g/mol. The molecule has 3 aromatic rings. The van der Waals surface area contributed by atoms with E-state index in [2.05, 4.69) is 40.4 Å². The Morgan fingerprint density at radius 2 is 1.94 bits per heavy atom. The average Bonchev–Trinajstić information content (AvgIpc) is 3.48. The Kier molecular flexibility index (Phi) is 6.01. The number of piperazine rings is 1. The van der Waals surface area contributed by atoms with E-state index in [-0.39, 0.29) is 18.0 Å². The number of benzene rings is 2. The number of nitrogens with one attached hydrogen (secondary N) is 1. The van der Waals surface area contributed by atoms with Crippen LogP contribution in [0.15, 0.2) is 42.6 Å². The molecular weight excluding hydrogens is 445 g/mol.